The largest absolute Gasteiger partial charge is 0.466 e. The van der Waals surface area contributed by atoms with Crippen LogP contribution in [0.15, 0.2) is 46.8 Å². The number of esters is 2. The highest BCUT2D eigenvalue weighted by Crippen LogP contribution is 2.40. The van der Waals surface area contributed by atoms with Gasteiger partial charge in [-0.25, -0.2) is 9.59 Å². The molecule has 1 heterocycles. The van der Waals surface area contributed by atoms with E-state index in [1.54, 1.807) is 38.1 Å². The molecule has 0 fully saturated rings. The van der Waals surface area contributed by atoms with Gasteiger partial charge in [-0.15, -0.1) is 0 Å². The molecule has 1 aromatic carbocycles. The van der Waals surface area contributed by atoms with Gasteiger partial charge in [-0.1, -0.05) is 35.5 Å². The van der Waals surface area contributed by atoms with E-state index in [-0.39, 0.29) is 23.1 Å². The Labute approximate surface area is 172 Å². The van der Waals surface area contributed by atoms with E-state index >= 15 is 0 Å². The van der Waals surface area contributed by atoms with Gasteiger partial charge in [-0.2, -0.15) is 0 Å². The van der Waals surface area contributed by atoms with Crippen LogP contribution in [0.25, 0.3) is 0 Å². The molecule has 0 radical (unpaired) electrons. The summed E-state index contributed by atoms with van der Waals surface area (Å²) in [6.07, 6.45) is 0. The zero-order chi connectivity index (χ0) is 20.8. The first-order valence-electron chi connectivity index (χ1n) is 8.48. The van der Waals surface area contributed by atoms with Crippen molar-refractivity contribution in [3.8, 4) is 0 Å². The maximum atomic E-state index is 12.9. The van der Waals surface area contributed by atoms with Crippen LogP contribution in [0.2, 0.25) is 5.02 Å². The predicted octanol–water partition coefficient (Wildman–Crippen LogP) is 2.92. The first-order valence-corrected chi connectivity index (χ1v) is 9.85. The van der Waals surface area contributed by atoms with E-state index in [9.17, 15) is 9.59 Å². The lowest BCUT2D eigenvalue weighted by Crippen LogP contribution is -2.34. The first kappa shape index (κ1) is 21.8. The van der Waals surface area contributed by atoms with Gasteiger partial charge >= 0.3 is 11.9 Å². The minimum absolute atomic E-state index is 0.0859. The summed E-state index contributed by atoms with van der Waals surface area (Å²) in [6, 6.07) is 6.94. The molecule has 1 aromatic rings. The topological polar surface area (TPSA) is 115 Å². The predicted molar refractivity (Wildman–Crippen MR) is 110 cm³/mol. The van der Waals surface area contributed by atoms with Crippen LogP contribution in [-0.2, 0) is 19.1 Å². The quantitative estimate of drug-likeness (QED) is 0.366. The van der Waals surface area contributed by atoms with E-state index in [0.717, 1.165) is 11.8 Å². The number of hydrogen-bond donors (Lipinski definition) is 3. The number of carbonyl (C=O) groups is 2. The van der Waals surface area contributed by atoms with Crippen molar-refractivity contribution in [2.24, 2.45) is 5.73 Å². The number of ether oxygens (including phenoxy) is 2. The Bertz CT molecular complexity index is 866. The lowest BCUT2D eigenvalue weighted by atomic mass is 9.80. The summed E-state index contributed by atoms with van der Waals surface area (Å²) in [5.74, 6) is -1.61. The maximum absolute atomic E-state index is 12.9. The minimum Gasteiger partial charge on any atom is -0.466 e. The number of thioether (sulfide) groups is 1. The Hall–Kier alpha value is -2.45. The van der Waals surface area contributed by atoms with Crippen LogP contribution >= 0.6 is 23.4 Å². The number of methoxy groups -OCH3 is 1. The molecule has 0 spiro atoms. The van der Waals surface area contributed by atoms with E-state index < -0.39 is 17.9 Å². The summed E-state index contributed by atoms with van der Waals surface area (Å²) in [4.78, 5) is 25.4. The van der Waals surface area contributed by atoms with Crippen LogP contribution < -0.4 is 11.1 Å². The Kier molecular flexibility index (Phi) is 7.53. The SMILES string of the molecule is CCOC(=O)C1=C(CSC(=N)N)NC(C)=C(C(=O)OC)C1c1cccc(Cl)c1. The van der Waals surface area contributed by atoms with E-state index in [1.165, 1.54) is 7.11 Å². The highest BCUT2D eigenvalue weighted by atomic mass is 35.5. The standard InChI is InChI=1S/C19H22ClN3O4S/c1-4-27-18(25)16-13(9-28-19(21)22)23-10(2)14(17(24)26-3)15(16)11-6-5-7-12(20)8-11/h5-8,15,23H,4,9H2,1-3H3,(H3,21,22). The van der Waals surface area contributed by atoms with Gasteiger partial charge in [0.1, 0.15) is 0 Å². The van der Waals surface area contributed by atoms with Gasteiger partial charge in [0, 0.05) is 22.2 Å². The van der Waals surface area contributed by atoms with Gasteiger partial charge < -0.3 is 20.5 Å². The number of nitrogens with one attached hydrogen (secondary N) is 2. The van der Waals surface area contributed by atoms with Gasteiger partial charge in [-0.05, 0) is 31.5 Å². The minimum atomic E-state index is -0.728. The van der Waals surface area contributed by atoms with Crippen molar-refractivity contribution >= 4 is 40.5 Å². The molecule has 0 aliphatic carbocycles. The Balaban J connectivity index is 2.70. The van der Waals surface area contributed by atoms with Crippen molar-refractivity contribution in [1.29, 1.82) is 5.41 Å². The molecular weight excluding hydrogens is 402 g/mol. The molecule has 0 bridgehead atoms. The summed E-state index contributed by atoms with van der Waals surface area (Å²) in [6.45, 7) is 3.60. The van der Waals surface area contributed by atoms with Gasteiger partial charge in [0.2, 0.25) is 0 Å². The number of benzene rings is 1. The van der Waals surface area contributed by atoms with Gasteiger partial charge in [-0.3, -0.25) is 5.41 Å². The molecule has 1 atom stereocenters. The maximum Gasteiger partial charge on any atom is 0.336 e. The molecule has 1 aliphatic rings. The molecule has 4 N–H and O–H groups in total. The molecule has 0 saturated carbocycles. The Morgan fingerprint density at radius 1 is 1.32 bits per heavy atom. The van der Waals surface area contributed by atoms with E-state index in [0.29, 0.717) is 27.6 Å². The van der Waals surface area contributed by atoms with Crippen LogP contribution in [0.4, 0.5) is 0 Å². The van der Waals surface area contributed by atoms with Crippen molar-refractivity contribution in [2.45, 2.75) is 19.8 Å². The fraction of sp³-hybridized carbons (Fsp3) is 0.316. The Morgan fingerprint density at radius 2 is 2.04 bits per heavy atom. The molecule has 7 nitrogen and oxygen atoms in total. The number of rotatable bonds is 6. The molecule has 9 heteroatoms. The number of allylic oxidation sites excluding steroid dienone is 1. The first-order chi connectivity index (χ1) is 13.3. The average molecular weight is 424 g/mol. The van der Waals surface area contributed by atoms with Crippen molar-refractivity contribution in [1.82, 2.24) is 5.32 Å². The fourth-order valence-electron chi connectivity index (χ4n) is 3.01. The highest BCUT2D eigenvalue weighted by molar-refractivity contribution is 8.13. The number of dihydropyridines is 1. The number of halogens is 1. The molecular formula is C19H22ClN3O4S. The lowest BCUT2D eigenvalue weighted by Gasteiger charge is -2.31. The second-order valence-corrected chi connectivity index (χ2v) is 7.36. The molecule has 28 heavy (non-hydrogen) atoms. The average Bonchev–Trinajstić information content (AvgIpc) is 2.65. The van der Waals surface area contributed by atoms with E-state index in [4.69, 9.17) is 32.2 Å². The second-order valence-electron chi connectivity index (χ2n) is 5.91. The van der Waals surface area contributed by atoms with Crippen LogP contribution in [-0.4, -0.2) is 36.6 Å². The Morgan fingerprint density at radius 3 is 2.61 bits per heavy atom. The number of carbonyl (C=O) groups excluding carboxylic acids is 2. The smallest absolute Gasteiger partial charge is 0.336 e. The summed E-state index contributed by atoms with van der Waals surface area (Å²) in [7, 11) is 1.28. The highest BCUT2D eigenvalue weighted by Gasteiger charge is 2.38. The fourth-order valence-corrected chi connectivity index (χ4v) is 3.74. The lowest BCUT2D eigenvalue weighted by molar-refractivity contribution is -0.139. The third kappa shape index (κ3) is 4.88. The van der Waals surface area contributed by atoms with Crippen molar-refractivity contribution in [3.05, 3.63) is 57.4 Å². The molecule has 0 saturated heterocycles. The molecule has 0 amide bonds. The van der Waals surface area contributed by atoms with Gasteiger partial charge in [0.05, 0.1) is 30.8 Å². The molecule has 150 valence electrons. The molecule has 1 unspecified atom stereocenters. The third-order valence-corrected chi connectivity index (χ3v) is 5.08. The normalized spacial score (nSPS) is 16.5. The summed E-state index contributed by atoms with van der Waals surface area (Å²) in [5.41, 5.74) is 7.75. The van der Waals surface area contributed by atoms with Crippen LogP contribution in [0.3, 0.4) is 0 Å². The summed E-state index contributed by atoms with van der Waals surface area (Å²) >= 11 is 7.22. The van der Waals surface area contributed by atoms with E-state index in [2.05, 4.69) is 5.32 Å². The van der Waals surface area contributed by atoms with Crippen molar-refractivity contribution in [3.63, 3.8) is 0 Å². The van der Waals surface area contributed by atoms with Gasteiger partial charge in [0.15, 0.2) is 5.17 Å². The van der Waals surface area contributed by atoms with Crippen molar-refractivity contribution < 1.29 is 19.1 Å². The van der Waals surface area contributed by atoms with Gasteiger partial charge in [0.25, 0.3) is 0 Å². The summed E-state index contributed by atoms with van der Waals surface area (Å²) in [5, 5.41) is 10.9. The number of hydrogen-bond acceptors (Lipinski definition) is 7. The second kappa shape index (κ2) is 9.66. The molecule has 0 aromatic heterocycles. The van der Waals surface area contributed by atoms with E-state index in [1.807, 2.05) is 0 Å². The van der Waals surface area contributed by atoms with Crippen LogP contribution in [0.5, 0.6) is 0 Å². The third-order valence-electron chi connectivity index (χ3n) is 4.10. The number of amidine groups is 1. The molecule has 1 aliphatic heterocycles. The van der Waals surface area contributed by atoms with Crippen LogP contribution in [0, 0.1) is 5.41 Å². The number of nitrogens with two attached hydrogens (primary N) is 1. The molecule has 2 rings (SSSR count). The monoisotopic (exact) mass is 423 g/mol. The summed E-state index contributed by atoms with van der Waals surface area (Å²) < 4.78 is 10.2. The zero-order valence-corrected chi connectivity index (χ0v) is 17.4. The van der Waals surface area contributed by atoms with Crippen molar-refractivity contribution in [2.75, 3.05) is 19.5 Å². The zero-order valence-electron chi connectivity index (χ0n) is 15.8. The van der Waals surface area contributed by atoms with Crippen LogP contribution in [0.1, 0.15) is 25.3 Å².